The lowest BCUT2D eigenvalue weighted by molar-refractivity contribution is -0.115. The second-order valence-corrected chi connectivity index (χ2v) is 5.51. The monoisotopic (exact) mass is 331 g/mol. The lowest BCUT2D eigenvalue weighted by Gasteiger charge is -2.09. The van der Waals surface area contributed by atoms with Gasteiger partial charge in [-0.25, -0.2) is 4.79 Å². The van der Waals surface area contributed by atoms with Crippen LogP contribution < -0.4 is 16.0 Å². The quantitative estimate of drug-likeness (QED) is 0.788. The minimum Gasteiger partial charge on any atom is -0.334 e. The second kappa shape index (κ2) is 8.19. The van der Waals surface area contributed by atoms with E-state index >= 15 is 0 Å². The van der Waals surface area contributed by atoms with Crippen LogP contribution >= 0.6 is 11.6 Å². The SMILES string of the molecule is Cc1ccc(CNC(=O)NCC(=O)Nc2ccc(Cl)cc2)cc1. The minimum atomic E-state index is -0.392. The largest absolute Gasteiger partial charge is 0.334 e. The average Bonchev–Trinajstić information content (AvgIpc) is 2.54. The molecule has 5 nitrogen and oxygen atoms in total. The van der Waals surface area contributed by atoms with Gasteiger partial charge in [0.15, 0.2) is 0 Å². The molecule has 0 fully saturated rings. The fourth-order valence-corrected chi connectivity index (χ4v) is 1.98. The van der Waals surface area contributed by atoms with E-state index in [0.29, 0.717) is 17.3 Å². The van der Waals surface area contributed by atoms with Crippen LogP contribution in [0.1, 0.15) is 11.1 Å². The van der Waals surface area contributed by atoms with Gasteiger partial charge in [-0.05, 0) is 36.8 Å². The van der Waals surface area contributed by atoms with Gasteiger partial charge in [0, 0.05) is 17.3 Å². The molecule has 120 valence electrons. The third-order valence-electron chi connectivity index (χ3n) is 3.11. The summed E-state index contributed by atoms with van der Waals surface area (Å²) in [7, 11) is 0. The molecule has 2 rings (SSSR count). The molecule has 3 amide bonds. The lowest BCUT2D eigenvalue weighted by atomic mass is 10.1. The van der Waals surface area contributed by atoms with E-state index in [-0.39, 0.29) is 12.5 Å². The number of urea groups is 1. The molecule has 0 atom stereocenters. The van der Waals surface area contributed by atoms with Crippen LogP contribution in [0.5, 0.6) is 0 Å². The Hall–Kier alpha value is -2.53. The van der Waals surface area contributed by atoms with E-state index in [2.05, 4.69) is 16.0 Å². The number of carbonyl (C=O) groups excluding carboxylic acids is 2. The van der Waals surface area contributed by atoms with E-state index in [1.807, 2.05) is 31.2 Å². The zero-order valence-corrected chi connectivity index (χ0v) is 13.5. The molecular formula is C17H18ClN3O2. The second-order valence-electron chi connectivity index (χ2n) is 5.08. The van der Waals surface area contributed by atoms with Gasteiger partial charge in [-0.1, -0.05) is 41.4 Å². The van der Waals surface area contributed by atoms with Gasteiger partial charge in [0.05, 0.1) is 6.54 Å². The van der Waals surface area contributed by atoms with E-state index in [1.54, 1.807) is 24.3 Å². The maximum Gasteiger partial charge on any atom is 0.315 e. The van der Waals surface area contributed by atoms with E-state index < -0.39 is 6.03 Å². The molecule has 0 aliphatic carbocycles. The summed E-state index contributed by atoms with van der Waals surface area (Å²) >= 11 is 5.77. The van der Waals surface area contributed by atoms with Gasteiger partial charge in [-0.2, -0.15) is 0 Å². The van der Waals surface area contributed by atoms with Crippen LogP contribution in [0.4, 0.5) is 10.5 Å². The van der Waals surface area contributed by atoms with Gasteiger partial charge in [0.2, 0.25) is 5.91 Å². The number of hydrogen-bond acceptors (Lipinski definition) is 2. The Balaban J connectivity index is 1.70. The van der Waals surface area contributed by atoms with Gasteiger partial charge in [-0.15, -0.1) is 0 Å². The molecule has 23 heavy (non-hydrogen) atoms. The predicted molar refractivity (Wildman–Crippen MR) is 91.5 cm³/mol. The van der Waals surface area contributed by atoms with Crippen molar-refractivity contribution in [2.75, 3.05) is 11.9 Å². The Kier molecular flexibility index (Phi) is 6.00. The minimum absolute atomic E-state index is 0.109. The summed E-state index contributed by atoms with van der Waals surface area (Å²) in [6, 6.07) is 14.2. The van der Waals surface area contributed by atoms with Gasteiger partial charge in [0.1, 0.15) is 0 Å². The molecule has 0 aliphatic heterocycles. The molecule has 6 heteroatoms. The highest BCUT2D eigenvalue weighted by Crippen LogP contribution is 2.12. The Morgan fingerprint density at radius 3 is 2.26 bits per heavy atom. The highest BCUT2D eigenvalue weighted by Gasteiger charge is 2.05. The smallest absolute Gasteiger partial charge is 0.315 e. The molecule has 0 aromatic heterocycles. The van der Waals surface area contributed by atoms with Crippen molar-refractivity contribution in [3.8, 4) is 0 Å². The van der Waals surface area contributed by atoms with Crippen LogP contribution in [0.2, 0.25) is 5.02 Å². The number of carbonyl (C=O) groups is 2. The van der Waals surface area contributed by atoms with Crippen LogP contribution in [0.25, 0.3) is 0 Å². The molecule has 0 heterocycles. The summed E-state index contributed by atoms with van der Waals surface area (Å²) in [5, 5.41) is 8.46. The first-order valence-corrected chi connectivity index (χ1v) is 7.53. The van der Waals surface area contributed by atoms with Crippen LogP contribution in [0.3, 0.4) is 0 Å². The van der Waals surface area contributed by atoms with E-state index in [9.17, 15) is 9.59 Å². The standard InChI is InChI=1S/C17H18ClN3O2/c1-12-2-4-13(5-3-12)10-19-17(23)20-11-16(22)21-15-8-6-14(18)7-9-15/h2-9H,10-11H2,1H3,(H,21,22)(H2,19,20,23). The average molecular weight is 332 g/mol. The lowest BCUT2D eigenvalue weighted by Crippen LogP contribution is -2.39. The molecule has 3 N–H and O–H groups in total. The molecule has 2 aromatic rings. The molecule has 0 radical (unpaired) electrons. The van der Waals surface area contributed by atoms with Crippen molar-refractivity contribution in [1.82, 2.24) is 10.6 Å². The molecular weight excluding hydrogens is 314 g/mol. The normalized spacial score (nSPS) is 10.0. The highest BCUT2D eigenvalue weighted by atomic mass is 35.5. The van der Waals surface area contributed by atoms with E-state index in [4.69, 9.17) is 11.6 Å². The van der Waals surface area contributed by atoms with Crippen molar-refractivity contribution in [2.45, 2.75) is 13.5 Å². The number of halogens is 1. The van der Waals surface area contributed by atoms with Crippen molar-refractivity contribution < 1.29 is 9.59 Å². The third-order valence-corrected chi connectivity index (χ3v) is 3.36. The van der Waals surface area contributed by atoms with Crippen LogP contribution in [-0.4, -0.2) is 18.5 Å². The van der Waals surface area contributed by atoms with Gasteiger partial charge in [0.25, 0.3) is 0 Å². The van der Waals surface area contributed by atoms with Crippen molar-refractivity contribution in [1.29, 1.82) is 0 Å². The Labute approximate surface area is 140 Å². The molecule has 0 aliphatic rings. The Morgan fingerprint density at radius 2 is 1.61 bits per heavy atom. The van der Waals surface area contributed by atoms with Crippen molar-refractivity contribution >= 4 is 29.2 Å². The Morgan fingerprint density at radius 1 is 0.957 bits per heavy atom. The number of aryl methyl sites for hydroxylation is 1. The van der Waals surface area contributed by atoms with Gasteiger partial charge >= 0.3 is 6.03 Å². The van der Waals surface area contributed by atoms with Crippen molar-refractivity contribution in [3.63, 3.8) is 0 Å². The first-order chi connectivity index (χ1) is 11.0. The summed E-state index contributed by atoms with van der Waals surface area (Å²) in [6.45, 7) is 2.30. The van der Waals surface area contributed by atoms with E-state index in [1.165, 1.54) is 0 Å². The highest BCUT2D eigenvalue weighted by molar-refractivity contribution is 6.30. The number of benzene rings is 2. The number of amides is 3. The van der Waals surface area contributed by atoms with Crippen LogP contribution in [-0.2, 0) is 11.3 Å². The van der Waals surface area contributed by atoms with Gasteiger partial charge in [-0.3, -0.25) is 4.79 Å². The Bertz CT molecular complexity index is 669. The third kappa shape index (κ3) is 6.00. The summed E-state index contributed by atoms with van der Waals surface area (Å²) in [5.74, 6) is -0.308. The molecule has 0 spiro atoms. The number of rotatable bonds is 5. The molecule has 0 saturated carbocycles. The molecule has 0 unspecified atom stereocenters. The van der Waals surface area contributed by atoms with Crippen LogP contribution in [0.15, 0.2) is 48.5 Å². The van der Waals surface area contributed by atoms with Crippen molar-refractivity contribution in [2.24, 2.45) is 0 Å². The number of hydrogen-bond donors (Lipinski definition) is 3. The number of anilines is 1. The maximum absolute atomic E-state index is 11.7. The zero-order chi connectivity index (χ0) is 16.7. The fourth-order valence-electron chi connectivity index (χ4n) is 1.85. The fraction of sp³-hybridized carbons (Fsp3) is 0.176. The van der Waals surface area contributed by atoms with Crippen LogP contribution in [0, 0.1) is 6.92 Å². The first-order valence-electron chi connectivity index (χ1n) is 7.15. The summed E-state index contributed by atoms with van der Waals surface area (Å²) in [5.41, 5.74) is 2.79. The zero-order valence-electron chi connectivity index (χ0n) is 12.7. The summed E-state index contributed by atoms with van der Waals surface area (Å²) in [4.78, 5) is 23.4. The van der Waals surface area contributed by atoms with Crippen molar-refractivity contribution in [3.05, 3.63) is 64.7 Å². The summed E-state index contributed by atoms with van der Waals surface area (Å²) in [6.07, 6.45) is 0. The molecule has 2 aromatic carbocycles. The topological polar surface area (TPSA) is 70.2 Å². The molecule has 0 bridgehead atoms. The van der Waals surface area contributed by atoms with E-state index in [0.717, 1.165) is 11.1 Å². The summed E-state index contributed by atoms with van der Waals surface area (Å²) < 4.78 is 0. The maximum atomic E-state index is 11.7. The first kappa shape index (κ1) is 16.8. The predicted octanol–water partition coefficient (Wildman–Crippen LogP) is 3.09. The molecule has 0 saturated heterocycles. The van der Waals surface area contributed by atoms with Gasteiger partial charge < -0.3 is 16.0 Å². The number of nitrogens with one attached hydrogen (secondary N) is 3.